The molecule has 6 rings (SSSR count). The first-order chi connectivity index (χ1) is 18.6. The Kier molecular flexibility index (Phi) is 7.67. The minimum atomic E-state index is -1.03. The van der Waals surface area contributed by atoms with E-state index in [-0.39, 0.29) is 29.6 Å². The number of benzene rings is 1. The van der Waals surface area contributed by atoms with Gasteiger partial charge in [0.2, 0.25) is 5.95 Å². The quantitative estimate of drug-likeness (QED) is 0.102. The lowest BCUT2D eigenvalue weighted by Gasteiger charge is -2.46. The maximum Gasteiger partial charge on any atom is 0.214 e. The zero-order valence-corrected chi connectivity index (χ0v) is 24.5. The molecule has 0 unspecified atom stereocenters. The van der Waals surface area contributed by atoms with E-state index in [9.17, 15) is 9.50 Å². The molecule has 2 bridgehead atoms. The first-order valence-corrected chi connectivity index (χ1v) is 15.3. The summed E-state index contributed by atoms with van der Waals surface area (Å²) < 4.78 is 28.7. The predicted octanol–water partition coefficient (Wildman–Crippen LogP) is 6.82. The van der Waals surface area contributed by atoms with Gasteiger partial charge in [-0.05, 0) is 73.3 Å². The minimum Gasteiger partial charge on any atom is -0.507 e. The predicted molar refractivity (Wildman–Crippen MR) is 160 cm³/mol. The average molecular weight is 606 g/mol. The van der Waals surface area contributed by atoms with Crippen LogP contribution in [0.15, 0.2) is 41.6 Å². The van der Waals surface area contributed by atoms with Gasteiger partial charge in [-0.15, -0.1) is 48.1 Å². The summed E-state index contributed by atoms with van der Waals surface area (Å²) in [5.74, 6) is 0.840. The highest BCUT2D eigenvalue weighted by atomic mass is 32.3. The highest BCUT2D eigenvalue weighted by Gasteiger charge is 2.46. The van der Waals surface area contributed by atoms with E-state index in [1.807, 2.05) is 0 Å². The van der Waals surface area contributed by atoms with Crippen LogP contribution in [0.1, 0.15) is 44.9 Å². The maximum absolute atomic E-state index is 15.6. The van der Waals surface area contributed by atoms with Crippen molar-refractivity contribution in [1.82, 2.24) is 20.2 Å². The summed E-state index contributed by atoms with van der Waals surface area (Å²) in [6.07, 6.45) is 7.97. The van der Waals surface area contributed by atoms with Crippen LogP contribution in [0.3, 0.4) is 0 Å². The minimum absolute atomic E-state index is 0.0663. The van der Waals surface area contributed by atoms with Crippen molar-refractivity contribution >= 4 is 55.5 Å². The van der Waals surface area contributed by atoms with Gasteiger partial charge in [0.1, 0.15) is 16.9 Å². The van der Waals surface area contributed by atoms with Crippen molar-refractivity contribution in [3.63, 3.8) is 0 Å². The molecule has 3 aliphatic carbocycles. The molecule has 1 N–H and O–H groups in total. The van der Waals surface area contributed by atoms with Gasteiger partial charge in [-0.2, -0.15) is 4.39 Å². The fraction of sp³-hybridized carbons (Fsp3) is 0.481. The Bertz CT molecular complexity index is 1350. The number of pyridine rings is 1. The topological polar surface area (TPSA) is 75.0 Å². The normalized spacial score (nSPS) is 24.9. The number of fused-ring (bicyclic) bond motifs is 2. The Morgan fingerprint density at radius 1 is 1.00 bits per heavy atom. The Labute approximate surface area is 247 Å². The van der Waals surface area contributed by atoms with Gasteiger partial charge >= 0.3 is 0 Å². The van der Waals surface area contributed by atoms with Crippen molar-refractivity contribution in [3.05, 3.63) is 42.5 Å². The summed E-state index contributed by atoms with van der Waals surface area (Å²) in [5.41, 5.74) is 1.51. The van der Waals surface area contributed by atoms with Gasteiger partial charge in [0.15, 0.2) is 14.4 Å². The molecule has 0 aliphatic heterocycles. The Balaban J connectivity index is 1.24. The summed E-state index contributed by atoms with van der Waals surface area (Å²) in [6, 6.07) is 8.00. The second-order valence-corrected chi connectivity index (χ2v) is 16.0. The van der Waals surface area contributed by atoms with Gasteiger partial charge in [0.25, 0.3) is 0 Å². The fourth-order valence-electron chi connectivity index (χ4n) is 6.11. The van der Waals surface area contributed by atoms with Gasteiger partial charge in [0.05, 0.1) is 17.8 Å². The summed E-state index contributed by atoms with van der Waals surface area (Å²) >= 11 is 13.7. The van der Waals surface area contributed by atoms with Gasteiger partial charge in [-0.3, -0.25) is 0 Å². The fourth-order valence-corrected chi connectivity index (χ4v) is 7.55. The van der Waals surface area contributed by atoms with Crippen molar-refractivity contribution in [2.45, 2.75) is 71.0 Å². The van der Waals surface area contributed by atoms with Gasteiger partial charge in [0, 0.05) is 12.1 Å². The molecule has 2 aromatic heterocycles. The smallest absolute Gasteiger partial charge is 0.214 e. The van der Waals surface area contributed by atoms with Crippen LogP contribution >= 0.6 is 49.6 Å². The standard InChI is InChI=1S/C27H29F2N5OS4/c28-22-11-17(12-24(31-22)39-27(36,37)38)15-4-7-19(21(35)10-15)26-30-13-23(32-33-26)34(18-5-6-18)20-9-14-2-1-3-16(8-14)25(20)29/h4,7,10-14,16,18,20,25,35-38H,1-3,5-6,8-9H2/t14-,16+,20+,25-/m0/s1. The van der Waals surface area contributed by atoms with Crippen LogP contribution < -0.4 is 4.90 Å². The lowest BCUT2D eigenvalue weighted by Crippen LogP contribution is -2.52. The molecular weight excluding hydrogens is 577 g/mol. The van der Waals surface area contributed by atoms with E-state index in [0.717, 1.165) is 50.3 Å². The van der Waals surface area contributed by atoms with E-state index in [1.165, 1.54) is 18.6 Å². The average Bonchev–Trinajstić information content (AvgIpc) is 3.72. The summed E-state index contributed by atoms with van der Waals surface area (Å²) in [6.45, 7) is 0. The Morgan fingerprint density at radius 3 is 2.51 bits per heavy atom. The molecule has 12 heteroatoms. The number of aromatic nitrogens is 4. The number of thiol groups is 3. The molecule has 1 aromatic carbocycles. The number of aromatic hydroxyl groups is 1. The summed E-state index contributed by atoms with van der Waals surface area (Å²) in [5, 5.41) is 19.9. The van der Waals surface area contributed by atoms with E-state index in [0.29, 0.717) is 33.5 Å². The summed E-state index contributed by atoms with van der Waals surface area (Å²) in [7, 11) is 0. The first-order valence-electron chi connectivity index (χ1n) is 13.1. The molecule has 3 saturated carbocycles. The van der Waals surface area contributed by atoms with E-state index in [1.54, 1.807) is 24.4 Å². The highest BCUT2D eigenvalue weighted by molar-refractivity contribution is 8.36. The van der Waals surface area contributed by atoms with E-state index in [2.05, 4.69) is 63.0 Å². The van der Waals surface area contributed by atoms with Crippen molar-refractivity contribution in [2.24, 2.45) is 11.8 Å². The number of halogens is 2. The maximum atomic E-state index is 15.6. The molecule has 3 fully saturated rings. The number of phenols is 1. The SMILES string of the molecule is Oc1cc(-c2cc(F)nc(SC(S)(S)S)c2)ccc1-c1ncc(N(C2CC2)[C@@H]2C[C@H]3CCC[C@H](C3)[C@@H]2F)nn1. The molecule has 0 spiro atoms. The van der Waals surface area contributed by atoms with E-state index >= 15 is 4.39 Å². The molecule has 0 radical (unpaired) electrons. The molecular formula is C27H29F2N5OS4. The van der Waals surface area contributed by atoms with Crippen molar-refractivity contribution in [3.8, 4) is 28.3 Å². The van der Waals surface area contributed by atoms with Crippen LogP contribution in [0, 0.1) is 17.8 Å². The number of alkyl halides is 1. The third-order valence-electron chi connectivity index (χ3n) is 7.91. The molecule has 0 saturated heterocycles. The molecule has 39 heavy (non-hydrogen) atoms. The van der Waals surface area contributed by atoms with Gasteiger partial charge < -0.3 is 10.0 Å². The van der Waals surface area contributed by atoms with Crippen molar-refractivity contribution in [2.75, 3.05) is 4.90 Å². The lowest BCUT2D eigenvalue weighted by atomic mass is 9.69. The third kappa shape index (κ3) is 6.13. The van der Waals surface area contributed by atoms with Crippen LogP contribution in [0.25, 0.3) is 22.5 Å². The van der Waals surface area contributed by atoms with E-state index in [4.69, 9.17) is 0 Å². The Morgan fingerprint density at radius 2 is 1.82 bits per heavy atom. The van der Waals surface area contributed by atoms with Crippen LogP contribution in [0.4, 0.5) is 14.6 Å². The number of thioether (sulfide) groups is 1. The second kappa shape index (κ2) is 10.9. The monoisotopic (exact) mass is 605 g/mol. The van der Waals surface area contributed by atoms with Crippen LogP contribution in [-0.2, 0) is 0 Å². The number of rotatable bonds is 7. The van der Waals surface area contributed by atoms with Crippen molar-refractivity contribution in [1.29, 1.82) is 0 Å². The van der Waals surface area contributed by atoms with Crippen LogP contribution in [-0.4, -0.2) is 46.3 Å². The molecule has 2 heterocycles. The molecule has 6 nitrogen and oxygen atoms in total. The van der Waals surface area contributed by atoms with Gasteiger partial charge in [-0.1, -0.05) is 30.7 Å². The number of hydrogen-bond donors (Lipinski definition) is 4. The van der Waals surface area contributed by atoms with Crippen LogP contribution in [0.5, 0.6) is 5.75 Å². The van der Waals surface area contributed by atoms with Gasteiger partial charge in [-0.25, -0.2) is 14.4 Å². The van der Waals surface area contributed by atoms with Crippen LogP contribution in [0.2, 0.25) is 0 Å². The first kappa shape index (κ1) is 27.4. The zero-order valence-electron chi connectivity index (χ0n) is 21.0. The molecule has 0 amide bonds. The van der Waals surface area contributed by atoms with E-state index < -0.39 is 14.9 Å². The highest BCUT2D eigenvalue weighted by Crippen LogP contribution is 2.46. The molecule has 3 aliphatic rings. The second-order valence-electron chi connectivity index (χ2n) is 10.7. The number of hydrogen-bond acceptors (Lipinski definition) is 10. The molecule has 4 atom stereocenters. The number of nitrogens with zero attached hydrogens (tertiary/aromatic N) is 5. The third-order valence-corrected chi connectivity index (χ3v) is 9.43. The number of anilines is 1. The lowest BCUT2D eigenvalue weighted by molar-refractivity contribution is 0.0631. The van der Waals surface area contributed by atoms with Crippen molar-refractivity contribution < 1.29 is 13.9 Å². The largest absolute Gasteiger partial charge is 0.507 e. The Hall–Kier alpha value is -1.76. The zero-order chi connectivity index (χ0) is 27.3. The molecule has 3 aromatic rings. The number of phenolic OH excluding ortho intramolecular Hbond substituents is 1. The molecule has 206 valence electrons. The summed E-state index contributed by atoms with van der Waals surface area (Å²) in [4.78, 5) is 10.5.